The minimum Gasteiger partial charge on any atom is -0.340 e. The first-order chi connectivity index (χ1) is 10.5. The van der Waals surface area contributed by atoms with E-state index in [2.05, 4.69) is 21.8 Å². The van der Waals surface area contributed by atoms with E-state index in [0.717, 1.165) is 37.6 Å². The van der Waals surface area contributed by atoms with Gasteiger partial charge in [-0.1, -0.05) is 11.6 Å². The Morgan fingerprint density at radius 1 is 1.32 bits per heavy atom. The molecule has 2 heterocycles. The highest BCUT2D eigenvalue weighted by atomic mass is 35.5. The van der Waals surface area contributed by atoms with Gasteiger partial charge in [0.15, 0.2) is 0 Å². The molecule has 2 aromatic rings. The third-order valence-electron chi connectivity index (χ3n) is 4.10. The summed E-state index contributed by atoms with van der Waals surface area (Å²) in [5.41, 5.74) is 1.38. The Labute approximate surface area is 133 Å². The molecule has 1 aliphatic heterocycles. The Morgan fingerprint density at radius 2 is 2.00 bits per heavy atom. The number of nitrogens with zero attached hydrogens (tertiary/aromatic N) is 5. The number of nitro benzene ring substituents is 1. The van der Waals surface area contributed by atoms with Gasteiger partial charge in [0.25, 0.3) is 5.69 Å². The van der Waals surface area contributed by atoms with E-state index >= 15 is 0 Å². The van der Waals surface area contributed by atoms with Crippen LogP contribution in [0, 0.1) is 10.1 Å². The second-order valence-electron chi connectivity index (χ2n) is 5.50. The van der Waals surface area contributed by atoms with Crippen molar-refractivity contribution in [2.75, 3.05) is 38.1 Å². The molecule has 0 spiro atoms. The lowest BCUT2D eigenvalue weighted by Gasteiger charge is -2.33. The van der Waals surface area contributed by atoms with E-state index < -0.39 is 4.92 Å². The fraction of sp³-hybridized carbons (Fsp3) is 0.500. The number of anilines is 1. The van der Waals surface area contributed by atoms with Crippen LogP contribution in [-0.4, -0.2) is 52.6 Å². The quantitative estimate of drug-likeness (QED) is 0.641. The molecule has 3 rings (SSSR count). The third kappa shape index (κ3) is 2.50. The number of rotatable bonds is 3. The summed E-state index contributed by atoms with van der Waals surface area (Å²) in [5.74, 6) is 0.863. The normalized spacial score (nSPS) is 16.4. The summed E-state index contributed by atoms with van der Waals surface area (Å²) in [6.07, 6.45) is 0. The zero-order valence-corrected chi connectivity index (χ0v) is 13.4. The molecule has 0 saturated carbocycles. The van der Waals surface area contributed by atoms with Gasteiger partial charge in [0.2, 0.25) is 5.95 Å². The monoisotopic (exact) mass is 323 g/mol. The first-order valence-electron chi connectivity index (χ1n) is 7.29. The maximum atomic E-state index is 11.1. The molecule has 0 unspecified atom stereocenters. The summed E-state index contributed by atoms with van der Waals surface area (Å²) < 4.78 is 2.02. The number of halogens is 1. The van der Waals surface area contributed by atoms with E-state index in [0.29, 0.717) is 12.1 Å². The molecule has 0 atom stereocenters. The van der Waals surface area contributed by atoms with Crippen LogP contribution in [0.25, 0.3) is 11.0 Å². The Kier molecular flexibility index (Phi) is 3.92. The highest BCUT2D eigenvalue weighted by molar-refractivity contribution is 6.33. The zero-order chi connectivity index (χ0) is 15.9. The number of nitro groups is 1. The minimum absolute atomic E-state index is 0.0753. The van der Waals surface area contributed by atoms with E-state index in [4.69, 9.17) is 11.6 Å². The molecule has 7 nitrogen and oxygen atoms in total. The van der Waals surface area contributed by atoms with Crippen molar-refractivity contribution >= 4 is 34.3 Å². The van der Waals surface area contributed by atoms with Crippen LogP contribution in [0.3, 0.4) is 0 Å². The summed E-state index contributed by atoms with van der Waals surface area (Å²) in [7, 11) is 2.10. The standard InChI is InChI=1S/C14H18ClN5O2/c1-3-19-13-9-12(20(21)22)10(15)8-11(13)16-14(19)18-6-4-17(2)5-7-18/h8-9H,3-7H2,1-2H3. The van der Waals surface area contributed by atoms with Crippen molar-refractivity contribution in [3.63, 3.8) is 0 Å². The van der Waals surface area contributed by atoms with Crippen molar-refractivity contribution < 1.29 is 4.92 Å². The van der Waals surface area contributed by atoms with Gasteiger partial charge in [0.05, 0.1) is 16.0 Å². The van der Waals surface area contributed by atoms with Crippen LogP contribution in [0.4, 0.5) is 11.6 Å². The predicted octanol–water partition coefficient (Wildman–Crippen LogP) is 2.37. The lowest BCUT2D eigenvalue weighted by molar-refractivity contribution is -0.384. The Bertz CT molecular complexity index is 722. The second-order valence-corrected chi connectivity index (χ2v) is 5.90. The lowest BCUT2D eigenvalue weighted by Crippen LogP contribution is -2.45. The van der Waals surface area contributed by atoms with Gasteiger partial charge in [0, 0.05) is 38.8 Å². The fourth-order valence-corrected chi connectivity index (χ4v) is 3.05. The molecular weight excluding hydrogens is 306 g/mol. The summed E-state index contributed by atoms with van der Waals surface area (Å²) in [5, 5.41) is 11.2. The van der Waals surface area contributed by atoms with Crippen molar-refractivity contribution in [3.8, 4) is 0 Å². The molecule has 1 aliphatic rings. The number of piperazine rings is 1. The molecule has 1 aromatic heterocycles. The molecule has 1 aromatic carbocycles. The van der Waals surface area contributed by atoms with Crippen LogP contribution in [0.15, 0.2) is 12.1 Å². The lowest BCUT2D eigenvalue weighted by atomic mass is 10.3. The molecule has 0 N–H and O–H groups in total. The maximum Gasteiger partial charge on any atom is 0.290 e. The van der Waals surface area contributed by atoms with Crippen molar-refractivity contribution in [2.45, 2.75) is 13.5 Å². The molecule has 0 bridgehead atoms. The third-order valence-corrected chi connectivity index (χ3v) is 4.40. The maximum absolute atomic E-state index is 11.1. The predicted molar refractivity (Wildman–Crippen MR) is 86.8 cm³/mol. The van der Waals surface area contributed by atoms with E-state index in [-0.39, 0.29) is 10.7 Å². The molecule has 8 heteroatoms. The average molecular weight is 324 g/mol. The first-order valence-corrected chi connectivity index (χ1v) is 7.66. The smallest absolute Gasteiger partial charge is 0.290 e. The topological polar surface area (TPSA) is 67.4 Å². The van der Waals surface area contributed by atoms with Crippen molar-refractivity contribution in [3.05, 3.63) is 27.3 Å². The Hall–Kier alpha value is -1.86. The van der Waals surface area contributed by atoms with Gasteiger partial charge >= 0.3 is 0 Å². The summed E-state index contributed by atoms with van der Waals surface area (Å²) in [6, 6.07) is 3.11. The van der Waals surface area contributed by atoms with E-state index in [1.54, 1.807) is 6.07 Å². The summed E-state index contributed by atoms with van der Waals surface area (Å²) in [4.78, 5) is 19.8. The Morgan fingerprint density at radius 3 is 2.59 bits per heavy atom. The average Bonchev–Trinajstić information content (AvgIpc) is 2.84. The number of aromatic nitrogens is 2. The molecule has 0 amide bonds. The van der Waals surface area contributed by atoms with Crippen LogP contribution in [0.5, 0.6) is 0 Å². The number of imidazole rings is 1. The van der Waals surface area contributed by atoms with Crippen LogP contribution >= 0.6 is 11.6 Å². The number of hydrogen-bond acceptors (Lipinski definition) is 5. The molecule has 22 heavy (non-hydrogen) atoms. The molecule has 0 aliphatic carbocycles. The number of fused-ring (bicyclic) bond motifs is 1. The van der Waals surface area contributed by atoms with E-state index in [1.807, 2.05) is 11.5 Å². The number of likely N-dealkylation sites (N-methyl/N-ethyl adjacent to an activating group) is 1. The first kappa shape index (κ1) is 15.1. The van der Waals surface area contributed by atoms with Crippen LogP contribution in [0.2, 0.25) is 5.02 Å². The number of hydrogen-bond donors (Lipinski definition) is 0. The van der Waals surface area contributed by atoms with Gasteiger partial charge in [-0.25, -0.2) is 4.98 Å². The van der Waals surface area contributed by atoms with Crippen molar-refractivity contribution in [2.24, 2.45) is 0 Å². The van der Waals surface area contributed by atoms with Gasteiger partial charge in [0.1, 0.15) is 5.02 Å². The number of aryl methyl sites for hydroxylation is 1. The van der Waals surface area contributed by atoms with Gasteiger partial charge in [-0.2, -0.15) is 0 Å². The van der Waals surface area contributed by atoms with E-state index in [9.17, 15) is 10.1 Å². The molecule has 1 saturated heterocycles. The van der Waals surface area contributed by atoms with Gasteiger partial charge in [-0.3, -0.25) is 10.1 Å². The van der Waals surface area contributed by atoms with Crippen molar-refractivity contribution in [1.29, 1.82) is 0 Å². The molecule has 0 radical (unpaired) electrons. The van der Waals surface area contributed by atoms with E-state index in [1.165, 1.54) is 6.07 Å². The zero-order valence-electron chi connectivity index (χ0n) is 12.6. The van der Waals surface area contributed by atoms with Gasteiger partial charge in [-0.15, -0.1) is 0 Å². The SMILES string of the molecule is CCn1c(N2CCN(C)CC2)nc2cc(Cl)c([N+](=O)[O-])cc21. The largest absolute Gasteiger partial charge is 0.340 e. The Balaban J connectivity index is 2.09. The second kappa shape index (κ2) is 5.73. The van der Waals surface area contributed by atoms with Gasteiger partial charge < -0.3 is 14.4 Å². The molecule has 118 valence electrons. The van der Waals surface area contributed by atoms with Crippen molar-refractivity contribution in [1.82, 2.24) is 14.5 Å². The molecule has 1 fully saturated rings. The number of benzene rings is 1. The minimum atomic E-state index is -0.454. The van der Waals surface area contributed by atoms with Gasteiger partial charge in [-0.05, 0) is 20.0 Å². The van der Waals surface area contributed by atoms with Crippen LogP contribution in [0.1, 0.15) is 6.92 Å². The fourth-order valence-electron chi connectivity index (χ4n) is 2.82. The highest BCUT2D eigenvalue weighted by Gasteiger charge is 2.23. The summed E-state index contributed by atoms with van der Waals surface area (Å²) in [6.45, 7) is 6.48. The highest BCUT2D eigenvalue weighted by Crippen LogP contribution is 2.32. The van der Waals surface area contributed by atoms with Crippen LogP contribution in [-0.2, 0) is 6.54 Å². The summed E-state index contributed by atoms with van der Waals surface area (Å²) >= 11 is 6.00. The van der Waals surface area contributed by atoms with Crippen LogP contribution < -0.4 is 4.90 Å². The molecular formula is C14H18ClN5O2.